The number of hydrogen-bond donors (Lipinski definition) is 1. The van der Waals surface area contributed by atoms with Gasteiger partial charge in [-0.2, -0.15) is 0 Å². The Bertz CT molecular complexity index is 709. The quantitative estimate of drug-likeness (QED) is 0.147. The molecule has 2 aromatic carbocycles. The predicted molar refractivity (Wildman–Crippen MR) is 147 cm³/mol. The van der Waals surface area contributed by atoms with Gasteiger partial charge in [0, 0.05) is 16.5 Å². The lowest BCUT2D eigenvalue weighted by molar-refractivity contribution is -0.134. The van der Waals surface area contributed by atoms with Crippen molar-refractivity contribution in [2.75, 3.05) is 0 Å². The van der Waals surface area contributed by atoms with Crippen molar-refractivity contribution in [3.8, 4) is 11.5 Å². The van der Waals surface area contributed by atoms with Crippen LogP contribution in [0.1, 0.15) is 104 Å². The maximum Gasteiger partial charge on any atom is 0.311 e. The summed E-state index contributed by atoms with van der Waals surface area (Å²) in [5.74, 6) is 0.670. The Labute approximate surface area is 217 Å². The summed E-state index contributed by atoms with van der Waals surface area (Å²) in [6.45, 7) is 2.27. The van der Waals surface area contributed by atoms with Gasteiger partial charge in [0.2, 0.25) is 0 Å². The molecule has 34 heavy (non-hydrogen) atoms. The number of aromatic hydroxyl groups is 1. The first-order valence-electron chi connectivity index (χ1n) is 12.4. The molecule has 192 valence electrons. The lowest BCUT2D eigenvalue weighted by Crippen LogP contribution is -2.07. The molecular weight excluding hydrogens is 467 g/mol. The van der Waals surface area contributed by atoms with Gasteiger partial charge in [-0.05, 0) is 55.0 Å². The van der Waals surface area contributed by atoms with Crippen LogP contribution in [0.5, 0.6) is 11.5 Å². The Hall–Kier alpha value is -1.71. The molecule has 0 saturated carbocycles. The number of carbonyl (C=O) groups is 1. The number of benzene rings is 2. The van der Waals surface area contributed by atoms with Gasteiger partial charge in [-0.25, -0.2) is 0 Å². The molecule has 0 bridgehead atoms. The van der Waals surface area contributed by atoms with Crippen LogP contribution in [-0.2, 0) is 4.79 Å². The van der Waals surface area contributed by atoms with Gasteiger partial charge in [0.15, 0.2) is 0 Å². The van der Waals surface area contributed by atoms with Crippen LogP contribution in [0, 0.1) is 0 Å². The fourth-order valence-electron chi connectivity index (χ4n) is 3.41. The third kappa shape index (κ3) is 18.7. The topological polar surface area (TPSA) is 46.5 Å². The summed E-state index contributed by atoms with van der Waals surface area (Å²) < 4.78 is 5.28. The van der Waals surface area contributed by atoms with Gasteiger partial charge in [0.25, 0.3) is 0 Å². The van der Waals surface area contributed by atoms with Crippen LogP contribution in [0.2, 0.25) is 10.0 Å². The second kappa shape index (κ2) is 21.8. The van der Waals surface area contributed by atoms with Crippen molar-refractivity contribution in [3.05, 3.63) is 58.6 Å². The van der Waals surface area contributed by atoms with Crippen LogP contribution in [0.15, 0.2) is 48.5 Å². The van der Waals surface area contributed by atoms with E-state index in [1.807, 2.05) is 0 Å². The molecule has 0 fully saturated rings. The summed E-state index contributed by atoms with van der Waals surface area (Å²) in [4.78, 5) is 11.7. The first-order chi connectivity index (χ1) is 16.0. The van der Waals surface area contributed by atoms with Crippen LogP contribution in [-0.4, -0.2) is 11.1 Å². The first kappa shape index (κ1) is 32.3. The van der Waals surface area contributed by atoms with Crippen LogP contribution in [0.3, 0.4) is 0 Å². The molecule has 0 aliphatic carbocycles. The number of phenols is 1. The summed E-state index contributed by atoms with van der Waals surface area (Å²) in [5.41, 5.74) is 0. The zero-order valence-electron chi connectivity index (χ0n) is 20.0. The highest BCUT2D eigenvalue weighted by atomic mass is 35.5. The molecule has 0 radical (unpaired) electrons. The molecule has 2 rings (SSSR count). The summed E-state index contributed by atoms with van der Waals surface area (Å²) in [5, 5.41) is 9.99. The fraction of sp³-hybridized carbons (Fsp3) is 0.552. The number of rotatable bonds is 15. The van der Waals surface area contributed by atoms with Gasteiger partial charge < -0.3 is 9.84 Å². The summed E-state index contributed by atoms with van der Waals surface area (Å²) in [6.07, 6.45) is 17.5. The minimum absolute atomic E-state index is 0. The van der Waals surface area contributed by atoms with Crippen molar-refractivity contribution in [3.63, 3.8) is 0 Å². The normalized spacial score (nSPS) is 10.1. The third-order valence-electron chi connectivity index (χ3n) is 5.36. The summed E-state index contributed by atoms with van der Waals surface area (Å²) in [7, 11) is 0. The van der Waals surface area contributed by atoms with Crippen molar-refractivity contribution in [2.24, 2.45) is 0 Å². The Morgan fingerprint density at radius 2 is 1.06 bits per heavy atom. The lowest BCUT2D eigenvalue weighted by atomic mass is 10.0. The van der Waals surface area contributed by atoms with Crippen molar-refractivity contribution >= 4 is 29.2 Å². The Balaban J connectivity index is 0.00000102. The molecule has 0 atom stereocenters. The van der Waals surface area contributed by atoms with Gasteiger partial charge in [-0.15, -0.1) is 0 Å². The monoisotopic (exact) mass is 510 g/mol. The van der Waals surface area contributed by atoms with Gasteiger partial charge >= 0.3 is 5.97 Å². The maximum atomic E-state index is 11.7. The van der Waals surface area contributed by atoms with E-state index < -0.39 is 0 Å². The average Bonchev–Trinajstić information content (AvgIpc) is 2.81. The molecule has 0 aliphatic rings. The second-order valence-electron chi connectivity index (χ2n) is 8.40. The molecule has 5 heteroatoms. The number of phenolic OH excluding ortho intramolecular Hbond substituents is 1. The number of esters is 1. The molecule has 3 nitrogen and oxygen atoms in total. The van der Waals surface area contributed by atoms with E-state index in [-0.39, 0.29) is 19.1 Å². The highest BCUT2D eigenvalue weighted by Gasteiger charge is 2.04. The molecule has 0 aromatic heterocycles. The van der Waals surface area contributed by atoms with E-state index in [0.717, 1.165) is 12.8 Å². The van der Waals surface area contributed by atoms with Gasteiger partial charge in [-0.3, -0.25) is 4.79 Å². The Morgan fingerprint density at radius 3 is 1.47 bits per heavy atom. The Morgan fingerprint density at radius 1 is 0.676 bits per heavy atom. The smallest absolute Gasteiger partial charge is 0.311 e. The van der Waals surface area contributed by atoms with Crippen LogP contribution < -0.4 is 4.74 Å². The SMILES string of the molecule is C.CCCCCCCCCCCCCCCC(=O)Oc1ccc(Cl)cc1.Oc1ccc(Cl)cc1. The number of carbonyl (C=O) groups excluding carboxylic acids is 1. The van der Waals surface area contributed by atoms with E-state index in [9.17, 15) is 4.79 Å². The van der Waals surface area contributed by atoms with E-state index in [0.29, 0.717) is 22.2 Å². The highest BCUT2D eigenvalue weighted by Crippen LogP contribution is 2.17. The lowest BCUT2D eigenvalue weighted by Gasteiger charge is -2.05. The van der Waals surface area contributed by atoms with Crippen molar-refractivity contribution in [2.45, 2.75) is 104 Å². The minimum atomic E-state index is -0.148. The molecule has 0 spiro atoms. The summed E-state index contributed by atoms with van der Waals surface area (Å²) >= 11 is 11.3. The van der Waals surface area contributed by atoms with E-state index in [1.54, 1.807) is 48.5 Å². The molecule has 0 saturated heterocycles. The third-order valence-corrected chi connectivity index (χ3v) is 5.86. The first-order valence-corrected chi connectivity index (χ1v) is 13.2. The van der Waals surface area contributed by atoms with Crippen molar-refractivity contribution in [1.82, 2.24) is 0 Å². The number of unbranched alkanes of at least 4 members (excludes halogenated alkanes) is 12. The van der Waals surface area contributed by atoms with Crippen LogP contribution in [0.4, 0.5) is 0 Å². The number of ether oxygens (including phenoxy) is 1. The van der Waals surface area contributed by atoms with Crippen molar-refractivity contribution < 1.29 is 14.6 Å². The largest absolute Gasteiger partial charge is 0.508 e. The van der Waals surface area contributed by atoms with Crippen LogP contribution in [0.25, 0.3) is 0 Å². The van der Waals surface area contributed by atoms with Gasteiger partial charge in [-0.1, -0.05) is 115 Å². The zero-order chi connectivity index (χ0) is 24.2. The average molecular weight is 512 g/mol. The van der Waals surface area contributed by atoms with E-state index in [4.69, 9.17) is 33.0 Å². The molecule has 0 unspecified atom stereocenters. The molecular formula is C29H44Cl2O3. The molecule has 2 aromatic rings. The maximum absolute atomic E-state index is 11.7. The van der Waals surface area contributed by atoms with Crippen LogP contribution >= 0.6 is 23.2 Å². The zero-order valence-corrected chi connectivity index (χ0v) is 21.5. The van der Waals surface area contributed by atoms with E-state index in [1.165, 1.54) is 70.6 Å². The van der Waals surface area contributed by atoms with Gasteiger partial charge in [0.05, 0.1) is 0 Å². The number of halogens is 2. The van der Waals surface area contributed by atoms with E-state index >= 15 is 0 Å². The molecule has 0 amide bonds. The molecule has 1 N–H and O–H groups in total. The molecule has 0 aliphatic heterocycles. The molecule has 0 heterocycles. The van der Waals surface area contributed by atoms with E-state index in [2.05, 4.69) is 6.92 Å². The van der Waals surface area contributed by atoms with Crippen molar-refractivity contribution in [1.29, 1.82) is 0 Å². The summed E-state index contributed by atoms with van der Waals surface area (Å²) in [6, 6.07) is 13.3. The standard InChI is InChI=1S/C22H35ClO2.C6H5ClO.CH4/c1-2-3-4-5-6-7-8-9-10-11-12-13-14-15-22(24)25-21-18-16-20(23)17-19-21;7-5-1-3-6(8)4-2-5;/h16-19H,2-15H2,1H3;1-4,8H;1H4. The fourth-order valence-corrected chi connectivity index (χ4v) is 3.67. The second-order valence-corrected chi connectivity index (χ2v) is 9.27. The minimum Gasteiger partial charge on any atom is -0.508 e. The van der Waals surface area contributed by atoms with Gasteiger partial charge in [0.1, 0.15) is 11.5 Å². The Kier molecular flexibility index (Phi) is 20.7. The number of hydrogen-bond acceptors (Lipinski definition) is 3. The predicted octanol–water partition coefficient (Wildman–Crippen LogP) is 10.4. The highest BCUT2D eigenvalue weighted by molar-refractivity contribution is 6.30.